The summed E-state index contributed by atoms with van der Waals surface area (Å²) in [6.07, 6.45) is 0. The zero-order chi connectivity index (χ0) is 4.50. The molecule has 0 spiro atoms. The van der Waals surface area contributed by atoms with Crippen LogP contribution in [0.25, 0.3) is 0 Å². The molecule has 6 heteroatoms. The molecule has 2 N–H and O–H groups in total. The van der Waals surface area contributed by atoms with Crippen LogP contribution in [0.1, 0.15) is 0 Å². The first kappa shape index (κ1) is 9.93. The Morgan fingerprint density at radius 1 is 1.17 bits per heavy atom. The van der Waals surface area contributed by atoms with Crippen molar-refractivity contribution in [1.29, 1.82) is 0 Å². The average Bonchev–Trinajstić information content (AvgIpc) is 0.722. The van der Waals surface area contributed by atoms with Crippen molar-refractivity contribution < 1.29 is 14.7 Å². The van der Waals surface area contributed by atoms with Gasteiger partial charge in [-0.1, -0.05) is 0 Å². The van der Waals surface area contributed by atoms with Gasteiger partial charge in [-0.25, -0.2) is 0 Å². The Balaban J connectivity index is 0. The number of nitrogens with two attached hydrogens (primary N) is 1. The van der Waals surface area contributed by atoms with E-state index in [1.165, 1.54) is 0 Å². The van der Waals surface area contributed by atoms with Crippen molar-refractivity contribution in [3.63, 3.8) is 0 Å². The Kier molecular flexibility index (Phi) is 4.79. The van der Waals surface area contributed by atoms with Gasteiger partial charge in [-0.3, -0.25) is 0 Å². The fourth-order valence-corrected chi connectivity index (χ4v) is 0. The molecule has 0 aliphatic rings. The van der Waals surface area contributed by atoms with Crippen LogP contribution in [0.3, 0.4) is 0 Å². The summed E-state index contributed by atoms with van der Waals surface area (Å²) in [5, 5.41) is 0. The SMILES string of the molecule is N[PH]([O-])([O-])[O-].[Al+3]. The summed E-state index contributed by atoms with van der Waals surface area (Å²) in [6.45, 7) is 0. The van der Waals surface area contributed by atoms with Crippen molar-refractivity contribution in [2.75, 3.05) is 0 Å². The van der Waals surface area contributed by atoms with Gasteiger partial charge in [0.05, 0.1) is 0 Å². The summed E-state index contributed by atoms with van der Waals surface area (Å²) < 4.78 is 0. The van der Waals surface area contributed by atoms with E-state index in [0.717, 1.165) is 0 Å². The molecule has 0 heterocycles. The van der Waals surface area contributed by atoms with Gasteiger partial charge in [0.15, 0.2) is 0 Å². The molecular formula is H3AlNO3P. The predicted molar refractivity (Wildman–Crippen MR) is 18.3 cm³/mol. The summed E-state index contributed by atoms with van der Waals surface area (Å²) in [4.78, 5) is 26.7. The molecule has 0 amide bonds. The molecule has 0 aromatic heterocycles. The molecule has 34 valence electrons. The van der Waals surface area contributed by atoms with Gasteiger partial charge in [-0.05, 0) is 0 Å². The summed E-state index contributed by atoms with van der Waals surface area (Å²) >= 11 is 0. The maximum atomic E-state index is 8.91. The van der Waals surface area contributed by atoms with Gasteiger partial charge in [-0.15, -0.1) is 0 Å². The molecule has 6 heavy (non-hydrogen) atoms. The number of rotatable bonds is 0. The molecule has 0 unspecified atom stereocenters. The largest absolute Gasteiger partial charge is 3.00 e. The van der Waals surface area contributed by atoms with Crippen molar-refractivity contribution in [1.82, 2.24) is 0 Å². The van der Waals surface area contributed by atoms with E-state index in [1.54, 1.807) is 0 Å². The minimum atomic E-state index is -4.86. The van der Waals surface area contributed by atoms with Gasteiger partial charge >= 0.3 is 45.6 Å². The summed E-state index contributed by atoms with van der Waals surface area (Å²) in [6, 6.07) is 0. The van der Waals surface area contributed by atoms with Gasteiger partial charge < -0.3 is 0 Å². The molecule has 0 aliphatic heterocycles. The predicted octanol–water partition coefficient (Wildman–Crippen LogP) is -3.94. The van der Waals surface area contributed by atoms with Crippen molar-refractivity contribution in [2.45, 2.75) is 0 Å². The van der Waals surface area contributed by atoms with Gasteiger partial charge in [0.25, 0.3) is 0 Å². The van der Waals surface area contributed by atoms with E-state index in [-0.39, 0.29) is 17.4 Å². The van der Waals surface area contributed by atoms with Crippen LogP contribution in [0.2, 0.25) is 0 Å². The van der Waals surface area contributed by atoms with Crippen LogP contribution in [-0.2, 0) is 0 Å². The minimum absolute atomic E-state index is 0. The van der Waals surface area contributed by atoms with Crippen LogP contribution in [0.15, 0.2) is 0 Å². The molecule has 0 radical (unpaired) electrons. The van der Waals surface area contributed by atoms with Crippen molar-refractivity contribution >= 4 is 25.5 Å². The monoisotopic (exact) mass is 123 g/mol. The topological polar surface area (TPSA) is 95.2 Å². The molecule has 4 nitrogen and oxygen atoms in total. The van der Waals surface area contributed by atoms with Gasteiger partial charge in [0.2, 0.25) is 0 Å². The van der Waals surface area contributed by atoms with E-state index >= 15 is 0 Å². The van der Waals surface area contributed by atoms with Gasteiger partial charge in [0.1, 0.15) is 0 Å². The molecule has 0 bridgehead atoms. The maximum absolute atomic E-state index is 8.91. The van der Waals surface area contributed by atoms with Gasteiger partial charge in [0, 0.05) is 0 Å². The molecule has 0 aromatic carbocycles. The first-order chi connectivity index (χ1) is 2.00. The quantitative estimate of drug-likeness (QED) is 0.262. The Hall–Kier alpha value is 0.802. The summed E-state index contributed by atoms with van der Waals surface area (Å²) in [5.74, 6) is 0. The summed E-state index contributed by atoms with van der Waals surface area (Å²) in [7, 11) is -4.86. The Morgan fingerprint density at radius 3 is 1.17 bits per heavy atom. The van der Waals surface area contributed by atoms with Crippen LogP contribution in [-0.4, -0.2) is 17.4 Å². The molecule has 0 saturated heterocycles. The molecule has 0 aliphatic carbocycles. The third-order valence-corrected chi connectivity index (χ3v) is 0. The molecule has 0 rings (SSSR count). The zero-order valence-electron chi connectivity index (χ0n) is 2.88. The van der Waals surface area contributed by atoms with E-state index in [4.69, 9.17) is 14.7 Å². The van der Waals surface area contributed by atoms with Crippen LogP contribution in [0, 0.1) is 0 Å². The Bertz CT molecular complexity index is 26.3. The van der Waals surface area contributed by atoms with Crippen LogP contribution < -0.4 is 20.2 Å². The first-order valence-electron chi connectivity index (χ1n) is 0.901. The zero-order valence-corrected chi connectivity index (χ0v) is 5.03. The van der Waals surface area contributed by atoms with Crippen LogP contribution in [0.4, 0.5) is 0 Å². The first-order valence-corrected chi connectivity index (χ1v) is 2.70. The number of hydrogen-bond acceptors (Lipinski definition) is 4. The van der Waals surface area contributed by atoms with E-state index in [2.05, 4.69) is 5.50 Å². The fourth-order valence-electron chi connectivity index (χ4n) is 0. The van der Waals surface area contributed by atoms with Gasteiger partial charge in [-0.2, -0.15) is 0 Å². The second-order valence-electron chi connectivity index (χ2n) is 0.604. The van der Waals surface area contributed by atoms with Crippen LogP contribution >= 0.6 is 8.09 Å². The Labute approximate surface area is 46.4 Å². The minimum Gasteiger partial charge on any atom is 3.00 e. The second kappa shape index (κ2) is 2.89. The van der Waals surface area contributed by atoms with E-state index in [1.807, 2.05) is 0 Å². The Morgan fingerprint density at radius 2 is 1.17 bits per heavy atom. The van der Waals surface area contributed by atoms with E-state index in [0.29, 0.717) is 0 Å². The van der Waals surface area contributed by atoms with Crippen molar-refractivity contribution in [2.24, 2.45) is 5.50 Å². The standard InChI is InChI=1S/Al.H3NO3P/c;1-5(2,3)4/h;5H,1H2/q+3;-3. The third kappa shape index (κ3) is 108. The van der Waals surface area contributed by atoms with E-state index in [9.17, 15) is 0 Å². The molecule has 0 aromatic rings. The fraction of sp³-hybridized carbons (Fsp3) is 0. The number of hydrogen-bond donors (Lipinski definition) is 1. The molecule has 0 atom stereocenters. The van der Waals surface area contributed by atoms with Crippen molar-refractivity contribution in [3.8, 4) is 0 Å². The smallest absolute Gasteiger partial charge is 3.00 e. The normalized spacial score (nSPS) is 12.7. The second-order valence-corrected chi connectivity index (χ2v) is 1.81. The van der Waals surface area contributed by atoms with Crippen molar-refractivity contribution in [3.05, 3.63) is 0 Å². The molecular weight excluding hydrogens is 120 g/mol. The van der Waals surface area contributed by atoms with E-state index < -0.39 is 8.09 Å². The average molecular weight is 123 g/mol. The van der Waals surface area contributed by atoms with Crippen LogP contribution in [0.5, 0.6) is 0 Å². The molecule has 0 saturated carbocycles. The third-order valence-electron chi connectivity index (χ3n) is 0. The maximum Gasteiger partial charge on any atom is 3.00 e. The summed E-state index contributed by atoms with van der Waals surface area (Å²) in [5.41, 5.74) is 3.83. The molecule has 0 fully saturated rings.